The molecule has 3 rings (SSSR count). The van der Waals surface area contributed by atoms with Gasteiger partial charge in [0.25, 0.3) is 0 Å². The highest BCUT2D eigenvalue weighted by Gasteiger charge is 2.29. The molecule has 11 nitrogen and oxygen atoms in total. The average molecular weight is 649 g/mol. The number of carbonyl (C=O) groups is 2. The van der Waals surface area contributed by atoms with Gasteiger partial charge in [0.15, 0.2) is 5.78 Å². The second-order valence-corrected chi connectivity index (χ2v) is 12.4. The van der Waals surface area contributed by atoms with Gasteiger partial charge < -0.3 is 33.9 Å². The number of aryl methyl sites for hydroxylation is 3. The van der Waals surface area contributed by atoms with Gasteiger partial charge in [-0.1, -0.05) is 17.7 Å². The quantitative estimate of drug-likeness (QED) is 0.115. The number of rotatable bonds is 21. The fourth-order valence-electron chi connectivity index (χ4n) is 6.36. The largest absolute Gasteiger partial charge is 0.511 e. The van der Waals surface area contributed by atoms with Crippen molar-refractivity contribution in [3.63, 3.8) is 0 Å². The Morgan fingerprint density at radius 3 is 1.70 bits per heavy atom. The Kier molecular flexibility index (Phi) is 17.2. The van der Waals surface area contributed by atoms with Crippen molar-refractivity contribution < 1.29 is 43.5 Å². The van der Waals surface area contributed by atoms with Crippen molar-refractivity contribution >= 4 is 17.3 Å². The monoisotopic (exact) mass is 648 g/mol. The lowest BCUT2D eigenvalue weighted by molar-refractivity contribution is -0.142. The maximum absolute atomic E-state index is 12.7. The van der Waals surface area contributed by atoms with E-state index in [1.807, 2.05) is 20.8 Å². The minimum absolute atomic E-state index is 0.0206. The van der Waals surface area contributed by atoms with Crippen LogP contribution in [0.5, 0.6) is 0 Å². The van der Waals surface area contributed by atoms with E-state index in [2.05, 4.69) is 21.9 Å². The van der Waals surface area contributed by atoms with Crippen LogP contribution in [0.25, 0.3) is 5.57 Å². The Morgan fingerprint density at radius 1 is 0.717 bits per heavy atom. The zero-order valence-corrected chi connectivity index (χ0v) is 28.4. The summed E-state index contributed by atoms with van der Waals surface area (Å²) in [5.74, 6) is -0.853. The van der Waals surface area contributed by atoms with Gasteiger partial charge in [0.1, 0.15) is 12.4 Å². The number of aliphatic carboxylic acids is 1. The molecule has 0 spiro atoms. The van der Waals surface area contributed by atoms with Crippen molar-refractivity contribution in [2.24, 2.45) is 5.92 Å². The fraction of sp³-hybridized carbons (Fsp3) is 0.714. The number of carboxylic acid groups (broad SMARTS) is 1. The Morgan fingerprint density at radius 2 is 1.20 bits per heavy atom. The van der Waals surface area contributed by atoms with Crippen LogP contribution >= 0.6 is 0 Å². The normalized spacial score (nSPS) is 20.1. The number of benzene rings is 1. The van der Waals surface area contributed by atoms with Gasteiger partial charge in [-0.2, -0.15) is 0 Å². The van der Waals surface area contributed by atoms with E-state index in [1.165, 1.54) is 0 Å². The van der Waals surface area contributed by atoms with Crippen molar-refractivity contribution in [2.45, 2.75) is 59.5 Å². The summed E-state index contributed by atoms with van der Waals surface area (Å²) in [5, 5.41) is 19.7. The molecular weight excluding hydrogens is 592 g/mol. The van der Waals surface area contributed by atoms with E-state index < -0.39 is 5.97 Å². The number of aliphatic hydroxyl groups is 1. The summed E-state index contributed by atoms with van der Waals surface area (Å²) in [6, 6.07) is 4.14. The third kappa shape index (κ3) is 13.4. The van der Waals surface area contributed by atoms with Crippen LogP contribution < -0.4 is 0 Å². The lowest BCUT2D eigenvalue weighted by Crippen LogP contribution is -2.48. The number of aliphatic hydroxyl groups excluding tert-OH is 1. The summed E-state index contributed by atoms with van der Waals surface area (Å²) in [7, 11) is 0. The van der Waals surface area contributed by atoms with Crippen LogP contribution in [0.4, 0.5) is 0 Å². The number of ether oxygens (including phenoxy) is 5. The molecule has 260 valence electrons. The molecule has 1 saturated carbocycles. The minimum Gasteiger partial charge on any atom is -0.511 e. The van der Waals surface area contributed by atoms with Crippen molar-refractivity contribution in [1.82, 2.24) is 9.80 Å². The number of carboxylic acids is 1. The van der Waals surface area contributed by atoms with Gasteiger partial charge in [0, 0.05) is 45.2 Å². The molecule has 1 saturated heterocycles. The van der Waals surface area contributed by atoms with Gasteiger partial charge in [-0.05, 0) is 70.1 Å². The minimum atomic E-state index is -0.979. The van der Waals surface area contributed by atoms with E-state index in [4.69, 9.17) is 28.8 Å². The van der Waals surface area contributed by atoms with E-state index >= 15 is 0 Å². The predicted molar refractivity (Wildman–Crippen MR) is 176 cm³/mol. The van der Waals surface area contributed by atoms with E-state index in [1.54, 1.807) is 6.92 Å². The zero-order valence-electron chi connectivity index (χ0n) is 28.4. The molecule has 0 unspecified atom stereocenters. The third-order valence-corrected chi connectivity index (χ3v) is 8.72. The number of hydrogen-bond acceptors (Lipinski definition) is 10. The fourth-order valence-corrected chi connectivity index (χ4v) is 6.36. The molecule has 1 heterocycles. The molecule has 2 N–H and O–H groups in total. The van der Waals surface area contributed by atoms with E-state index in [0.29, 0.717) is 51.8 Å². The van der Waals surface area contributed by atoms with Crippen LogP contribution in [0.1, 0.15) is 54.9 Å². The van der Waals surface area contributed by atoms with Gasteiger partial charge in [0.05, 0.1) is 64.5 Å². The summed E-state index contributed by atoms with van der Waals surface area (Å²) in [6.07, 6.45) is 3.49. The number of piperazine rings is 1. The lowest BCUT2D eigenvalue weighted by atomic mass is 9.81. The molecular formula is C35H56N2O9. The molecule has 11 heteroatoms. The number of allylic oxidation sites excluding steroid dienone is 2. The van der Waals surface area contributed by atoms with Crippen LogP contribution in [0.3, 0.4) is 0 Å². The molecule has 1 aromatic carbocycles. The standard InChI is InChI=1S/C35H56N2O9/c1-26-23-27(2)33(28(3)24-26)34(29(4)38)35(41)30-5-7-31(8-6-30)46-22-21-43-16-14-37-11-9-36(10-12-37)13-15-42-17-18-44-19-20-45-25-32(39)40/h23-24,30-31,41H,5-22,25H2,1-4H3,(H,39,40)/b35-34-. The number of ketones is 1. The maximum Gasteiger partial charge on any atom is 0.329 e. The number of hydrogen-bond donors (Lipinski definition) is 2. The van der Waals surface area contributed by atoms with Gasteiger partial charge in [-0.25, -0.2) is 4.79 Å². The number of carbonyl (C=O) groups excluding carboxylic acids is 1. The molecule has 1 aliphatic heterocycles. The average Bonchev–Trinajstić information content (AvgIpc) is 3.01. The van der Waals surface area contributed by atoms with E-state index in [0.717, 1.165) is 87.2 Å². The third-order valence-electron chi connectivity index (χ3n) is 8.72. The van der Waals surface area contributed by atoms with Gasteiger partial charge in [0.2, 0.25) is 0 Å². The lowest BCUT2D eigenvalue weighted by Gasteiger charge is -2.34. The first-order valence-corrected chi connectivity index (χ1v) is 16.8. The zero-order chi connectivity index (χ0) is 33.3. The van der Waals surface area contributed by atoms with Crippen LogP contribution in [0.2, 0.25) is 0 Å². The molecule has 0 amide bonds. The van der Waals surface area contributed by atoms with Crippen LogP contribution in [0, 0.1) is 26.7 Å². The predicted octanol–water partition coefficient (Wildman–Crippen LogP) is 3.81. The summed E-state index contributed by atoms with van der Waals surface area (Å²) in [6.45, 7) is 17.2. The highest BCUT2D eigenvalue weighted by Crippen LogP contribution is 2.36. The Hall–Kier alpha value is -2.38. The highest BCUT2D eigenvalue weighted by atomic mass is 16.5. The number of nitrogens with zero attached hydrogens (tertiary/aromatic N) is 2. The maximum atomic E-state index is 12.7. The van der Waals surface area contributed by atoms with Crippen molar-refractivity contribution in [3.05, 3.63) is 40.1 Å². The summed E-state index contributed by atoms with van der Waals surface area (Å²) < 4.78 is 27.9. The van der Waals surface area contributed by atoms with Gasteiger partial charge in [-0.15, -0.1) is 0 Å². The summed E-state index contributed by atoms with van der Waals surface area (Å²) in [4.78, 5) is 27.8. The van der Waals surface area contributed by atoms with Gasteiger partial charge in [-0.3, -0.25) is 14.6 Å². The number of Topliss-reactive ketones (excluding diaryl/α,β-unsaturated/α-hetero) is 1. The SMILES string of the molecule is CC(=O)/C(=C(/O)C1CCC(OCCOCCN2CCN(CCOCCOCCOCC(=O)O)CC2)CC1)c1c(C)cc(C)cc1C. The first-order valence-electron chi connectivity index (χ1n) is 16.8. The molecule has 2 fully saturated rings. The molecule has 0 bridgehead atoms. The van der Waals surface area contributed by atoms with Crippen molar-refractivity contribution in [3.8, 4) is 0 Å². The second-order valence-electron chi connectivity index (χ2n) is 12.4. The molecule has 0 radical (unpaired) electrons. The smallest absolute Gasteiger partial charge is 0.329 e. The van der Waals surface area contributed by atoms with Crippen molar-refractivity contribution in [2.75, 3.05) is 98.7 Å². The molecule has 46 heavy (non-hydrogen) atoms. The Labute approximate surface area is 274 Å². The van der Waals surface area contributed by atoms with Crippen LogP contribution in [0.15, 0.2) is 17.9 Å². The molecule has 0 aromatic heterocycles. The topological polar surface area (TPSA) is 127 Å². The van der Waals surface area contributed by atoms with E-state index in [-0.39, 0.29) is 36.8 Å². The Bertz CT molecular complexity index is 1090. The van der Waals surface area contributed by atoms with Crippen LogP contribution in [-0.4, -0.2) is 137 Å². The van der Waals surface area contributed by atoms with Crippen molar-refractivity contribution in [1.29, 1.82) is 0 Å². The molecule has 2 aliphatic rings. The first kappa shape index (κ1) is 38.1. The molecule has 1 aliphatic carbocycles. The highest BCUT2D eigenvalue weighted by molar-refractivity contribution is 6.21. The first-order chi connectivity index (χ1) is 22.2. The van der Waals surface area contributed by atoms with Crippen LogP contribution in [-0.2, 0) is 33.3 Å². The molecule has 0 atom stereocenters. The summed E-state index contributed by atoms with van der Waals surface area (Å²) >= 11 is 0. The van der Waals surface area contributed by atoms with Gasteiger partial charge >= 0.3 is 5.97 Å². The second kappa shape index (κ2) is 20.8. The Balaban J connectivity index is 1.20. The molecule has 1 aromatic rings. The summed E-state index contributed by atoms with van der Waals surface area (Å²) in [5.41, 5.74) is 4.55. The van der Waals surface area contributed by atoms with E-state index in [9.17, 15) is 14.7 Å².